The number of aromatic nitrogens is 1. The highest BCUT2D eigenvalue weighted by atomic mass is 79.9. The molecule has 4 nitrogen and oxygen atoms in total. The van der Waals surface area contributed by atoms with Crippen LogP contribution < -0.4 is 10.5 Å². The Hall–Kier alpha value is -1.95. The van der Waals surface area contributed by atoms with E-state index >= 15 is 0 Å². The molecular formula is C12H9BrFN3O. The van der Waals surface area contributed by atoms with Crippen molar-refractivity contribution in [2.75, 3.05) is 0 Å². The van der Waals surface area contributed by atoms with Gasteiger partial charge in [0.15, 0.2) is 0 Å². The molecule has 2 rings (SSSR count). The van der Waals surface area contributed by atoms with Gasteiger partial charge >= 0.3 is 0 Å². The lowest BCUT2D eigenvalue weighted by Crippen LogP contribution is -2.11. The van der Waals surface area contributed by atoms with E-state index in [0.29, 0.717) is 21.7 Å². The maximum Gasteiger partial charge on any atom is 0.219 e. The highest BCUT2D eigenvalue weighted by molar-refractivity contribution is 9.10. The standard InChI is InChI=1S/C12H9BrFN3O/c13-8-3-9(14)5-10(4-8)18-11-2-1-7(6-17-11)12(15)16/h1-6H,(H3,15,16). The fourth-order valence-electron chi connectivity index (χ4n) is 1.31. The molecular weight excluding hydrogens is 301 g/mol. The number of benzene rings is 1. The topological polar surface area (TPSA) is 72.0 Å². The minimum atomic E-state index is -0.403. The summed E-state index contributed by atoms with van der Waals surface area (Å²) in [5.41, 5.74) is 5.81. The van der Waals surface area contributed by atoms with E-state index in [2.05, 4.69) is 20.9 Å². The zero-order valence-electron chi connectivity index (χ0n) is 9.15. The van der Waals surface area contributed by atoms with Gasteiger partial charge < -0.3 is 10.5 Å². The lowest BCUT2D eigenvalue weighted by atomic mass is 10.3. The van der Waals surface area contributed by atoms with Crippen molar-refractivity contribution < 1.29 is 9.13 Å². The summed E-state index contributed by atoms with van der Waals surface area (Å²) >= 11 is 3.17. The zero-order valence-corrected chi connectivity index (χ0v) is 10.7. The fourth-order valence-corrected chi connectivity index (χ4v) is 1.75. The van der Waals surface area contributed by atoms with E-state index in [1.165, 1.54) is 18.3 Å². The number of nitrogens with zero attached hydrogens (tertiary/aromatic N) is 1. The Morgan fingerprint density at radius 2 is 2.11 bits per heavy atom. The van der Waals surface area contributed by atoms with E-state index in [9.17, 15) is 4.39 Å². The van der Waals surface area contributed by atoms with Crippen LogP contribution >= 0.6 is 15.9 Å². The van der Waals surface area contributed by atoms with Gasteiger partial charge in [-0.05, 0) is 18.2 Å². The first kappa shape index (κ1) is 12.5. The molecule has 6 heteroatoms. The molecule has 0 radical (unpaired) electrons. The highest BCUT2D eigenvalue weighted by Crippen LogP contribution is 2.24. The largest absolute Gasteiger partial charge is 0.439 e. The molecule has 2 aromatic rings. The first-order valence-electron chi connectivity index (χ1n) is 4.99. The van der Waals surface area contributed by atoms with Crippen molar-refractivity contribution in [1.29, 1.82) is 5.41 Å². The molecule has 0 aliphatic rings. The van der Waals surface area contributed by atoms with E-state index in [-0.39, 0.29) is 5.84 Å². The molecule has 0 aliphatic carbocycles. The summed E-state index contributed by atoms with van der Waals surface area (Å²) in [4.78, 5) is 3.97. The second kappa shape index (κ2) is 5.14. The van der Waals surface area contributed by atoms with Gasteiger partial charge in [0.25, 0.3) is 0 Å². The van der Waals surface area contributed by atoms with Crippen LogP contribution in [0.1, 0.15) is 5.56 Å². The van der Waals surface area contributed by atoms with Crippen LogP contribution in [0.15, 0.2) is 41.0 Å². The first-order valence-corrected chi connectivity index (χ1v) is 5.78. The van der Waals surface area contributed by atoms with Crippen LogP contribution in [0.5, 0.6) is 11.6 Å². The third kappa shape index (κ3) is 3.04. The summed E-state index contributed by atoms with van der Waals surface area (Å²) in [6, 6.07) is 7.39. The summed E-state index contributed by atoms with van der Waals surface area (Å²) < 4.78 is 19.1. The average Bonchev–Trinajstić information content (AvgIpc) is 2.28. The third-order valence-electron chi connectivity index (χ3n) is 2.11. The SMILES string of the molecule is N=C(N)c1ccc(Oc2cc(F)cc(Br)c2)nc1. The molecule has 0 spiro atoms. The summed E-state index contributed by atoms with van der Waals surface area (Å²) in [5, 5.41) is 7.22. The minimum absolute atomic E-state index is 0.0671. The van der Waals surface area contributed by atoms with Crippen LogP contribution in [0.3, 0.4) is 0 Å². The normalized spacial score (nSPS) is 10.1. The van der Waals surface area contributed by atoms with Gasteiger partial charge in [-0.3, -0.25) is 5.41 Å². The molecule has 0 atom stereocenters. The fraction of sp³-hybridized carbons (Fsp3) is 0. The molecule has 3 N–H and O–H groups in total. The monoisotopic (exact) mass is 309 g/mol. The summed E-state index contributed by atoms with van der Waals surface area (Å²) in [6.45, 7) is 0. The predicted octanol–water partition coefficient (Wildman–Crippen LogP) is 3.06. The number of nitrogens with one attached hydrogen (secondary N) is 1. The van der Waals surface area contributed by atoms with Crippen LogP contribution in [0.25, 0.3) is 0 Å². The van der Waals surface area contributed by atoms with E-state index in [1.54, 1.807) is 18.2 Å². The molecule has 0 unspecified atom stereocenters. The van der Waals surface area contributed by atoms with E-state index in [4.69, 9.17) is 15.9 Å². The number of pyridine rings is 1. The Bertz CT molecular complexity index is 566. The van der Waals surface area contributed by atoms with E-state index in [0.717, 1.165) is 0 Å². The lowest BCUT2D eigenvalue weighted by Gasteiger charge is -2.06. The highest BCUT2D eigenvalue weighted by Gasteiger charge is 2.03. The van der Waals surface area contributed by atoms with Gasteiger partial charge in [0.05, 0.1) is 0 Å². The molecule has 1 heterocycles. The molecule has 0 fully saturated rings. The van der Waals surface area contributed by atoms with Crippen molar-refractivity contribution in [1.82, 2.24) is 4.98 Å². The Morgan fingerprint density at radius 3 is 2.67 bits per heavy atom. The number of rotatable bonds is 3. The number of halogens is 2. The van der Waals surface area contributed by atoms with Gasteiger partial charge in [0.2, 0.25) is 5.88 Å². The molecule has 0 saturated carbocycles. The third-order valence-corrected chi connectivity index (χ3v) is 2.56. The Morgan fingerprint density at radius 1 is 1.33 bits per heavy atom. The van der Waals surface area contributed by atoms with Crippen LogP contribution in [-0.4, -0.2) is 10.8 Å². The van der Waals surface area contributed by atoms with Crippen molar-refractivity contribution >= 4 is 21.8 Å². The molecule has 0 bridgehead atoms. The number of hydrogen-bond donors (Lipinski definition) is 2. The Balaban J connectivity index is 2.20. The molecule has 0 aliphatic heterocycles. The number of ether oxygens (including phenoxy) is 1. The number of hydrogen-bond acceptors (Lipinski definition) is 3. The first-order chi connectivity index (χ1) is 8.54. The van der Waals surface area contributed by atoms with Gasteiger partial charge in [-0.15, -0.1) is 0 Å². The maximum absolute atomic E-state index is 13.1. The van der Waals surface area contributed by atoms with Crippen molar-refractivity contribution in [2.45, 2.75) is 0 Å². The van der Waals surface area contributed by atoms with Crippen molar-refractivity contribution in [3.8, 4) is 11.6 Å². The Kier molecular flexibility index (Phi) is 3.57. The van der Waals surface area contributed by atoms with E-state index < -0.39 is 5.82 Å². The molecule has 18 heavy (non-hydrogen) atoms. The van der Waals surface area contributed by atoms with Crippen molar-refractivity contribution in [3.05, 3.63) is 52.4 Å². The molecule has 1 aromatic heterocycles. The molecule has 0 amide bonds. The van der Waals surface area contributed by atoms with E-state index in [1.807, 2.05) is 0 Å². The maximum atomic E-state index is 13.1. The zero-order chi connectivity index (χ0) is 13.1. The quantitative estimate of drug-likeness (QED) is 0.676. The lowest BCUT2D eigenvalue weighted by molar-refractivity contribution is 0.457. The van der Waals surface area contributed by atoms with Crippen LogP contribution in [0.2, 0.25) is 0 Å². The summed E-state index contributed by atoms with van der Waals surface area (Å²) in [6.07, 6.45) is 1.42. The van der Waals surface area contributed by atoms with Gasteiger partial charge in [0, 0.05) is 28.4 Å². The van der Waals surface area contributed by atoms with Crippen molar-refractivity contribution in [3.63, 3.8) is 0 Å². The number of nitrogens with two attached hydrogens (primary N) is 1. The summed E-state index contributed by atoms with van der Waals surface area (Å²) in [5.74, 6) is 0.171. The average molecular weight is 310 g/mol. The number of amidine groups is 1. The minimum Gasteiger partial charge on any atom is -0.439 e. The predicted molar refractivity (Wildman–Crippen MR) is 69.4 cm³/mol. The smallest absolute Gasteiger partial charge is 0.219 e. The van der Waals surface area contributed by atoms with Gasteiger partial charge in [-0.2, -0.15) is 0 Å². The van der Waals surface area contributed by atoms with Gasteiger partial charge in [-0.25, -0.2) is 9.37 Å². The summed E-state index contributed by atoms with van der Waals surface area (Å²) in [7, 11) is 0. The van der Waals surface area contributed by atoms with Crippen LogP contribution in [0, 0.1) is 11.2 Å². The Labute approximate surface area is 111 Å². The molecule has 1 aromatic carbocycles. The molecule has 92 valence electrons. The number of nitrogen functional groups attached to an aromatic ring is 1. The van der Waals surface area contributed by atoms with Gasteiger partial charge in [0.1, 0.15) is 17.4 Å². The molecule has 0 saturated heterocycles. The van der Waals surface area contributed by atoms with Crippen molar-refractivity contribution in [2.24, 2.45) is 5.73 Å². The van der Waals surface area contributed by atoms with Crippen LogP contribution in [0.4, 0.5) is 4.39 Å². The van der Waals surface area contributed by atoms with Crippen LogP contribution in [-0.2, 0) is 0 Å². The second-order valence-corrected chi connectivity index (χ2v) is 4.42. The second-order valence-electron chi connectivity index (χ2n) is 3.51. The van der Waals surface area contributed by atoms with Gasteiger partial charge in [-0.1, -0.05) is 15.9 Å².